The van der Waals surface area contributed by atoms with Crippen LogP contribution in [-0.2, 0) is 6.54 Å². The van der Waals surface area contributed by atoms with E-state index in [4.69, 9.17) is 23.2 Å². The number of halogens is 2. The van der Waals surface area contributed by atoms with Crippen LogP contribution < -0.4 is 5.32 Å². The van der Waals surface area contributed by atoms with Gasteiger partial charge in [-0.2, -0.15) is 0 Å². The van der Waals surface area contributed by atoms with Crippen LogP contribution in [0.1, 0.15) is 5.56 Å². The SMILES string of the molecule is O=[N+]([O-])c1ccc(Cl)c(NCc2c(O)cccc2Cl)c1. The molecule has 0 aromatic heterocycles. The minimum atomic E-state index is -0.505. The fraction of sp³-hybridized carbons (Fsp3) is 0.0769. The second-order valence-electron chi connectivity index (χ2n) is 4.01. The van der Waals surface area contributed by atoms with Gasteiger partial charge in [-0.15, -0.1) is 0 Å². The first kappa shape index (κ1) is 14.4. The minimum absolute atomic E-state index is 0.0477. The van der Waals surface area contributed by atoms with Gasteiger partial charge in [0.15, 0.2) is 0 Å². The Hall–Kier alpha value is -1.98. The lowest BCUT2D eigenvalue weighted by atomic mass is 10.2. The molecule has 0 spiro atoms. The molecule has 0 saturated heterocycles. The van der Waals surface area contributed by atoms with Crippen molar-refractivity contribution in [1.29, 1.82) is 0 Å². The monoisotopic (exact) mass is 312 g/mol. The van der Waals surface area contributed by atoms with Crippen molar-refractivity contribution >= 4 is 34.6 Å². The summed E-state index contributed by atoms with van der Waals surface area (Å²) in [6.07, 6.45) is 0. The van der Waals surface area contributed by atoms with Crippen LogP contribution in [0.4, 0.5) is 11.4 Å². The van der Waals surface area contributed by atoms with E-state index in [-0.39, 0.29) is 18.0 Å². The number of rotatable bonds is 4. The second-order valence-corrected chi connectivity index (χ2v) is 4.83. The summed E-state index contributed by atoms with van der Waals surface area (Å²) < 4.78 is 0. The minimum Gasteiger partial charge on any atom is -0.508 e. The Kier molecular flexibility index (Phi) is 4.32. The van der Waals surface area contributed by atoms with E-state index in [2.05, 4.69) is 5.32 Å². The van der Waals surface area contributed by atoms with Gasteiger partial charge < -0.3 is 10.4 Å². The zero-order valence-corrected chi connectivity index (χ0v) is 11.6. The van der Waals surface area contributed by atoms with Gasteiger partial charge in [0.25, 0.3) is 5.69 Å². The van der Waals surface area contributed by atoms with E-state index in [9.17, 15) is 15.2 Å². The molecule has 2 aromatic carbocycles. The molecule has 2 aromatic rings. The van der Waals surface area contributed by atoms with Gasteiger partial charge in [-0.25, -0.2) is 0 Å². The number of hydrogen-bond donors (Lipinski definition) is 2. The number of phenols is 1. The highest BCUT2D eigenvalue weighted by atomic mass is 35.5. The quantitative estimate of drug-likeness (QED) is 0.654. The number of benzene rings is 2. The number of non-ortho nitro benzene ring substituents is 1. The molecule has 0 atom stereocenters. The number of nitrogens with one attached hydrogen (secondary N) is 1. The van der Waals surface area contributed by atoms with Crippen LogP contribution in [0, 0.1) is 10.1 Å². The molecule has 0 unspecified atom stereocenters. The van der Waals surface area contributed by atoms with Crippen LogP contribution in [0.15, 0.2) is 36.4 Å². The summed E-state index contributed by atoms with van der Waals surface area (Å²) in [7, 11) is 0. The maximum atomic E-state index is 10.7. The van der Waals surface area contributed by atoms with E-state index in [0.717, 1.165) is 0 Å². The molecule has 0 aliphatic carbocycles. The number of nitro groups is 1. The lowest BCUT2D eigenvalue weighted by Gasteiger charge is -2.11. The van der Waals surface area contributed by atoms with Crippen LogP contribution in [0.3, 0.4) is 0 Å². The second kappa shape index (κ2) is 5.98. The van der Waals surface area contributed by atoms with Gasteiger partial charge in [0.2, 0.25) is 0 Å². The lowest BCUT2D eigenvalue weighted by molar-refractivity contribution is -0.384. The van der Waals surface area contributed by atoms with Gasteiger partial charge in [0.1, 0.15) is 5.75 Å². The molecule has 2 N–H and O–H groups in total. The van der Waals surface area contributed by atoms with Crippen LogP contribution in [0.5, 0.6) is 5.75 Å². The Labute approximate surface area is 124 Å². The van der Waals surface area contributed by atoms with E-state index >= 15 is 0 Å². The number of nitrogens with zero attached hydrogens (tertiary/aromatic N) is 1. The van der Waals surface area contributed by atoms with Crippen LogP contribution >= 0.6 is 23.2 Å². The van der Waals surface area contributed by atoms with Crippen LogP contribution in [0.25, 0.3) is 0 Å². The maximum Gasteiger partial charge on any atom is 0.271 e. The summed E-state index contributed by atoms with van der Waals surface area (Å²) in [5, 5.41) is 24.1. The molecule has 0 saturated carbocycles. The molecular formula is C13H10Cl2N2O3. The number of phenolic OH excluding ortho intramolecular Hbond substituents is 1. The van der Waals surface area contributed by atoms with Gasteiger partial charge in [-0.3, -0.25) is 10.1 Å². The third kappa shape index (κ3) is 3.12. The summed E-state index contributed by atoms with van der Waals surface area (Å²) in [4.78, 5) is 10.2. The van der Waals surface area contributed by atoms with Gasteiger partial charge in [-0.1, -0.05) is 29.3 Å². The topological polar surface area (TPSA) is 75.4 Å². The summed E-state index contributed by atoms with van der Waals surface area (Å²) in [6.45, 7) is 0.201. The van der Waals surface area contributed by atoms with Crippen molar-refractivity contribution in [2.75, 3.05) is 5.32 Å². The molecule has 7 heteroatoms. The van der Waals surface area contributed by atoms with Crippen LogP contribution in [0.2, 0.25) is 10.0 Å². The van der Waals surface area contributed by atoms with Crippen molar-refractivity contribution in [3.8, 4) is 5.75 Å². The molecule has 5 nitrogen and oxygen atoms in total. The normalized spacial score (nSPS) is 10.3. The molecule has 104 valence electrons. The van der Waals surface area contributed by atoms with Crippen molar-refractivity contribution in [3.05, 3.63) is 62.1 Å². The summed E-state index contributed by atoms with van der Waals surface area (Å²) in [6, 6.07) is 8.87. The van der Waals surface area contributed by atoms with Crippen molar-refractivity contribution in [3.63, 3.8) is 0 Å². The predicted molar refractivity (Wildman–Crippen MR) is 78.5 cm³/mol. The van der Waals surface area contributed by atoms with Crippen molar-refractivity contribution in [2.24, 2.45) is 0 Å². The summed E-state index contributed by atoms with van der Waals surface area (Å²) in [5.41, 5.74) is 0.831. The Morgan fingerprint density at radius 2 is 1.95 bits per heavy atom. The third-order valence-electron chi connectivity index (χ3n) is 2.71. The van der Waals surface area contributed by atoms with Crippen molar-refractivity contribution < 1.29 is 10.0 Å². The van der Waals surface area contributed by atoms with Crippen LogP contribution in [-0.4, -0.2) is 10.0 Å². The molecule has 0 radical (unpaired) electrons. The average Bonchev–Trinajstić information content (AvgIpc) is 2.39. The van der Waals surface area contributed by atoms with Gasteiger partial charge in [0.05, 0.1) is 15.6 Å². The summed E-state index contributed by atoms with van der Waals surface area (Å²) >= 11 is 11.9. The van der Waals surface area contributed by atoms with E-state index in [0.29, 0.717) is 21.3 Å². The van der Waals surface area contributed by atoms with E-state index < -0.39 is 4.92 Å². The smallest absolute Gasteiger partial charge is 0.271 e. The Balaban J connectivity index is 2.23. The van der Waals surface area contributed by atoms with Gasteiger partial charge >= 0.3 is 0 Å². The molecule has 0 aliphatic rings. The zero-order valence-electron chi connectivity index (χ0n) is 10.1. The van der Waals surface area contributed by atoms with E-state index in [1.54, 1.807) is 12.1 Å². The Morgan fingerprint density at radius 1 is 1.20 bits per heavy atom. The molecule has 20 heavy (non-hydrogen) atoms. The van der Waals surface area contributed by atoms with Gasteiger partial charge in [0, 0.05) is 29.3 Å². The Morgan fingerprint density at radius 3 is 2.60 bits per heavy atom. The molecular weight excluding hydrogens is 303 g/mol. The fourth-order valence-corrected chi connectivity index (χ4v) is 2.09. The predicted octanol–water partition coefficient (Wildman–Crippen LogP) is 4.22. The standard InChI is InChI=1S/C13H10Cl2N2O3/c14-10-2-1-3-13(18)9(10)7-16-12-6-8(17(19)20)4-5-11(12)15/h1-6,16,18H,7H2. The Bertz CT molecular complexity index is 642. The zero-order chi connectivity index (χ0) is 14.7. The first-order valence-electron chi connectivity index (χ1n) is 5.63. The van der Waals surface area contributed by atoms with E-state index in [1.807, 2.05) is 0 Å². The molecule has 0 amide bonds. The molecule has 0 aliphatic heterocycles. The average molecular weight is 313 g/mol. The highest BCUT2D eigenvalue weighted by Crippen LogP contribution is 2.30. The number of anilines is 1. The summed E-state index contributed by atoms with van der Waals surface area (Å²) in [5.74, 6) is 0.0477. The van der Waals surface area contributed by atoms with Crippen molar-refractivity contribution in [2.45, 2.75) is 6.54 Å². The molecule has 0 bridgehead atoms. The number of hydrogen-bond acceptors (Lipinski definition) is 4. The first-order chi connectivity index (χ1) is 9.49. The fourth-order valence-electron chi connectivity index (χ4n) is 1.67. The highest BCUT2D eigenvalue weighted by Gasteiger charge is 2.11. The highest BCUT2D eigenvalue weighted by molar-refractivity contribution is 6.33. The van der Waals surface area contributed by atoms with Gasteiger partial charge in [-0.05, 0) is 18.2 Å². The van der Waals surface area contributed by atoms with Crippen molar-refractivity contribution in [1.82, 2.24) is 0 Å². The third-order valence-corrected chi connectivity index (χ3v) is 3.39. The maximum absolute atomic E-state index is 10.7. The molecule has 0 fully saturated rings. The number of nitro benzene ring substituents is 1. The molecule has 2 rings (SSSR count). The lowest BCUT2D eigenvalue weighted by Crippen LogP contribution is -2.02. The first-order valence-corrected chi connectivity index (χ1v) is 6.39. The number of aromatic hydroxyl groups is 1. The van der Waals surface area contributed by atoms with E-state index in [1.165, 1.54) is 24.3 Å². The largest absolute Gasteiger partial charge is 0.508 e. The molecule has 0 heterocycles.